The number of carbonyl (C=O) groups excluding carboxylic acids is 1. The quantitative estimate of drug-likeness (QED) is 0.781. The van der Waals surface area contributed by atoms with Gasteiger partial charge < -0.3 is 9.64 Å². The number of hydrogen-bond donors (Lipinski definition) is 0. The molecule has 2 aromatic heterocycles. The molecular weight excluding hydrogens is 287 g/mol. The Hall–Kier alpha value is -2.57. The van der Waals surface area contributed by atoms with Crippen LogP contribution in [0.1, 0.15) is 21.6 Å². The molecule has 0 fully saturated rings. The molecule has 0 aromatic carbocycles. The smallest absolute Gasteiger partial charge is 0.254 e. The molecule has 3 rings (SSSR count). The summed E-state index contributed by atoms with van der Waals surface area (Å²) in [6.07, 6.45) is 3.99. The molecule has 7 heteroatoms. The Morgan fingerprint density at radius 1 is 1.27 bits per heavy atom. The summed E-state index contributed by atoms with van der Waals surface area (Å²) in [6, 6.07) is 2.67. The third-order valence-electron chi connectivity index (χ3n) is 3.70. The van der Waals surface area contributed by atoms with Gasteiger partial charge in [0.05, 0.1) is 12.8 Å². The molecule has 3 heterocycles. The first-order valence-electron chi connectivity index (χ1n) is 6.96. The molecule has 0 saturated carbocycles. The van der Waals surface area contributed by atoms with E-state index in [1.165, 1.54) is 18.6 Å². The summed E-state index contributed by atoms with van der Waals surface area (Å²) >= 11 is 0. The lowest BCUT2D eigenvalue weighted by Crippen LogP contribution is -2.33. The molecule has 22 heavy (non-hydrogen) atoms. The molecule has 1 aliphatic rings. The fourth-order valence-corrected chi connectivity index (χ4v) is 2.59. The second-order valence-corrected chi connectivity index (χ2v) is 4.97. The predicted molar refractivity (Wildman–Crippen MR) is 76.1 cm³/mol. The van der Waals surface area contributed by atoms with Crippen molar-refractivity contribution in [1.29, 1.82) is 0 Å². The highest BCUT2D eigenvalue weighted by molar-refractivity contribution is 5.94. The minimum absolute atomic E-state index is 0.207. The molecule has 0 spiro atoms. The predicted octanol–water partition coefficient (Wildman–Crippen LogP) is 1.26. The van der Waals surface area contributed by atoms with Crippen molar-refractivity contribution in [3.05, 3.63) is 47.4 Å². The standard InChI is InChI=1S/C15H15FN4O2/c1-22-14-11-3-6-20(7-4-12(11)18-9-19-14)15(21)10-2-5-17-13(16)8-10/h2,5,8-9H,3-4,6-7H2,1H3. The summed E-state index contributed by atoms with van der Waals surface area (Å²) < 4.78 is 18.4. The first kappa shape index (κ1) is 14.4. The van der Waals surface area contributed by atoms with Crippen LogP contribution >= 0.6 is 0 Å². The van der Waals surface area contributed by atoms with Crippen LogP contribution in [0.25, 0.3) is 0 Å². The summed E-state index contributed by atoms with van der Waals surface area (Å²) in [4.78, 5) is 26.0. The molecule has 0 aliphatic carbocycles. The van der Waals surface area contributed by atoms with Gasteiger partial charge in [0.15, 0.2) is 0 Å². The lowest BCUT2D eigenvalue weighted by atomic mass is 10.1. The van der Waals surface area contributed by atoms with Gasteiger partial charge in [0.2, 0.25) is 11.8 Å². The number of halogens is 1. The van der Waals surface area contributed by atoms with Gasteiger partial charge in [0, 0.05) is 42.9 Å². The first-order chi connectivity index (χ1) is 10.7. The minimum Gasteiger partial charge on any atom is -0.481 e. The zero-order valence-corrected chi connectivity index (χ0v) is 12.1. The molecule has 0 radical (unpaired) electrons. The lowest BCUT2D eigenvalue weighted by molar-refractivity contribution is 0.0762. The van der Waals surface area contributed by atoms with Crippen molar-refractivity contribution >= 4 is 5.91 Å². The second kappa shape index (κ2) is 6.05. The highest BCUT2D eigenvalue weighted by Crippen LogP contribution is 2.22. The molecule has 1 amide bonds. The molecule has 0 N–H and O–H groups in total. The van der Waals surface area contributed by atoms with E-state index in [1.54, 1.807) is 12.0 Å². The number of hydrogen-bond acceptors (Lipinski definition) is 5. The Bertz CT molecular complexity index is 708. The summed E-state index contributed by atoms with van der Waals surface area (Å²) in [5, 5.41) is 0. The number of ether oxygens (including phenoxy) is 1. The molecular formula is C15H15FN4O2. The minimum atomic E-state index is -0.656. The van der Waals surface area contributed by atoms with E-state index < -0.39 is 5.95 Å². The molecule has 0 saturated heterocycles. The molecule has 0 atom stereocenters. The van der Waals surface area contributed by atoms with Crippen molar-refractivity contribution in [2.24, 2.45) is 0 Å². The van der Waals surface area contributed by atoms with Crippen molar-refractivity contribution in [2.75, 3.05) is 20.2 Å². The van der Waals surface area contributed by atoms with E-state index in [4.69, 9.17) is 4.74 Å². The average Bonchev–Trinajstić information content (AvgIpc) is 2.76. The number of pyridine rings is 1. The van der Waals surface area contributed by atoms with Gasteiger partial charge in [0.25, 0.3) is 5.91 Å². The SMILES string of the molecule is COc1ncnc2c1CCN(C(=O)c1ccnc(F)c1)CC2. The van der Waals surface area contributed by atoms with Crippen LogP contribution in [-0.4, -0.2) is 46.0 Å². The van der Waals surface area contributed by atoms with Gasteiger partial charge in [0.1, 0.15) is 6.33 Å². The largest absolute Gasteiger partial charge is 0.481 e. The van der Waals surface area contributed by atoms with Crippen molar-refractivity contribution in [1.82, 2.24) is 19.9 Å². The van der Waals surface area contributed by atoms with Gasteiger partial charge in [-0.15, -0.1) is 0 Å². The zero-order valence-electron chi connectivity index (χ0n) is 12.1. The number of rotatable bonds is 2. The molecule has 6 nitrogen and oxygen atoms in total. The third kappa shape index (κ3) is 2.74. The van der Waals surface area contributed by atoms with E-state index >= 15 is 0 Å². The van der Waals surface area contributed by atoms with Crippen molar-refractivity contribution in [2.45, 2.75) is 12.8 Å². The first-order valence-corrected chi connectivity index (χ1v) is 6.96. The normalized spacial score (nSPS) is 14.2. The summed E-state index contributed by atoms with van der Waals surface area (Å²) in [7, 11) is 1.57. The van der Waals surface area contributed by atoms with Gasteiger partial charge in [-0.1, -0.05) is 0 Å². The van der Waals surface area contributed by atoms with E-state index in [1.807, 2.05) is 0 Å². The van der Waals surface area contributed by atoms with Gasteiger partial charge in [-0.2, -0.15) is 4.39 Å². The highest BCUT2D eigenvalue weighted by atomic mass is 19.1. The average molecular weight is 302 g/mol. The van der Waals surface area contributed by atoms with E-state index in [-0.39, 0.29) is 5.91 Å². The van der Waals surface area contributed by atoms with Crippen LogP contribution in [0.4, 0.5) is 4.39 Å². The van der Waals surface area contributed by atoms with Crippen LogP contribution in [-0.2, 0) is 12.8 Å². The topological polar surface area (TPSA) is 68.2 Å². The number of aromatic nitrogens is 3. The van der Waals surface area contributed by atoms with Gasteiger partial charge in [-0.3, -0.25) is 4.79 Å². The monoisotopic (exact) mass is 302 g/mol. The van der Waals surface area contributed by atoms with E-state index in [0.717, 1.165) is 17.3 Å². The zero-order chi connectivity index (χ0) is 15.5. The van der Waals surface area contributed by atoms with Crippen LogP contribution < -0.4 is 4.74 Å². The molecule has 0 bridgehead atoms. The second-order valence-electron chi connectivity index (χ2n) is 4.97. The fraction of sp³-hybridized carbons (Fsp3) is 0.333. The Balaban J connectivity index is 1.81. The van der Waals surface area contributed by atoms with Gasteiger partial charge in [-0.25, -0.2) is 15.0 Å². The highest BCUT2D eigenvalue weighted by Gasteiger charge is 2.23. The van der Waals surface area contributed by atoms with Crippen LogP contribution in [0.15, 0.2) is 24.7 Å². The Kier molecular flexibility index (Phi) is 3.95. The number of fused-ring (bicyclic) bond motifs is 1. The van der Waals surface area contributed by atoms with E-state index in [0.29, 0.717) is 37.4 Å². The van der Waals surface area contributed by atoms with Crippen molar-refractivity contribution in [3.8, 4) is 5.88 Å². The van der Waals surface area contributed by atoms with Crippen LogP contribution in [0.2, 0.25) is 0 Å². The lowest BCUT2D eigenvalue weighted by Gasteiger charge is -2.20. The Morgan fingerprint density at radius 3 is 2.86 bits per heavy atom. The number of nitrogens with zero attached hydrogens (tertiary/aromatic N) is 4. The molecule has 2 aromatic rings. The maximum Gasteiger partial charge on any atom is 0.254 e. The van der Waals surface area contributed by atoms with Gasteiger partial charge >= 0.3 is 0 Å². The number of methoxy groups -OCH3 is 1. The summed E-state index contributed by atoms with van der Waals surface area (Å²) in [5.41, 5.74) is 2.13. The van der Waals surface area contributed by atoms with Crippen LogP contribution in [0.3, 0.4) is 0 Å². The Labute approximate surface area is 127 Å². The van der Waals surface area contributed by atoms with Gasteiger partial charge in [-0.05, 0) is 12.5 Å². The van der Waals surface area contributed by atoms with E-state index in [2.05, 4.69) is 15.0 Å². The summed E-state index contributed by atoms with van der Waals surface area (Å²) in [6.45, 7) is 1.04. The molecule has 114 valence electrons. The fourth-order valence-electron chi connectivity index (χ4n) is 2.59. The van der Waals surface area contributed by atoms with Crippen molar-refractivity contribution in [3.63, 3.8) is 0 Å². The van der Waals surface area contributed by atoms with E-state index in [9.17, 15) is 9.18 Å². The van der Waals surface area contributed by atoms with Crippen LogP contribution in [0.5, 0.6) is 5.88 Å². The Morgan fingerprint density at radius 2 is 2.09 bits per heavy atom. The maximum absolute atomic E-state index is 13.2. The van der Waals surface area contributed by atoms with Crippen molar-refractivity contribution < 1.29 is 13.9 Å². The maximum atomic E-state index is 13.2. The molecule has 1 aliphatic heterocycles. The molecule has 0 unspecified atom stereocenters. The summed E-state index contributed by atoms with van der Waals surface area (Å²) in [5.74, 6) is -0.313. The van der Waals surface area contributed by atoms with Crippen LogP contribution in [0, 0.1) is 5.95 Å². The number of amides is 1. The number of carbonyl (C=O) groups is 1. The third-order valence-corrected chi connectivity index (χ3v) is 3.70.